The van der Waals surface area contributed by atoms with E-state index in [0.29, 0.717) is 0 Å². The van der Waals surface area contributed by atoms with E-state index < -0.39 is 18.6 Å². The van der Waals surface area contributed by atoms with Crippen molar-refractivity contribution in [2.45, 2.75) is 12.6 Å². The molecule has 0 rings (SSSR count). The van der Waals surface area contributed by atoms with E-state index in [2.05, 4.69) is 11.8 Å². The van der Waals surface area contributed by atoms with E-state index in [1.54, 1.807) is 0 Å². The molecule has 0 aliphatic rings. The molecule has 0 spiro atoms. The summed E-state index contributed by atoms with van der Waals surface area (Å²) in [5.41, 5.74) is 0. The van der Waals surface area contributed by atoms with Crippen LogP contribution in [0.3, 0.4) is 0 Å². The van der Waals surface area contributed by atoms with Gasteiger partial charge in [0.05, 0.1) is 0 Å². The fraction of sp³-hybridized carbons (Fsp3) is 0.500. The molecule has 0 aromatic heterocycles. The van der Waals surface area contributed by atoms with Gasteiger partial charge in [0.15, 0.2) is 0 Å². The van der Waals surface area contributed by atoms with Crippen molar-refractivity contribution in [3.05, 3.63) is 7.11 Å². The third kappa shape index (κ3) is 5.13. The minimum absolute atomic E-state index is 1.37. The molecule has 0 unspecified atom stereocenters. The second kappa shape index (κ2) is 2.70. The van der Waals surface area contributed by atoms with E-state index in [9.17, 15) is 18.0 Å². The van der Waals surface area contributed by atoms with Crippen molar-refractivity contribution < 1.29 is 22.7 Å². The van der Waals surface area contributed by atoms with Crippen molar-refractivity contribution >= 4 is 5.97 Å². The van der Waals surface area contributed by atoms with Gasteiger partial charge in [0.2, 0.25) is 0 Å². The number of alkyl halides is 3. The van der Waals surface area contributed by atoms with Gasteiger partial charge in [0, 0.05) is 0 Å². The molecule has 2 nitrogen and oxygen atoms in total. The van der Waals surface area contributed by atoms with Crippen LogP contribution in [0.2, 0.25) is 0 Å². The van der Waals surface area contributed by atoms with Crippen LogP contribution in [0.15, 0.2) is 0 Å². The van der Waals surface area contributed by atoms with Crippen molar-refractivity contribution in [1.29, 1.82) is 0 Å². The highest BCUT2D eigenvalue weighted by Crippen LogP contribution is 2.19. The Kier molecular flexibility index (Phi) is 2.48. The monoisotopic (exact) mass is 141 g/mol. The van der Waals surface area contributed by atoms with Gasteiger partial charge in [0.1, 0.15) is 13.5 Å². The number of ether oxygens (including phenoxy) is 1. The molecule has 0 amide bonds. The number of carbonyl (C=O) groups is 1. The molecule has 5 heteroatoms. The Morgan fingerprint density at radius 3 is 2.11 bits per heavy atom. The minimum Gasteiger partial charge on any atom is -0.462 e. The van der Waals surface area contributed by atoms with E-state index in [1.165, 1.54) is 0 Å². The molecule has 0 fully saturated rings. The molecule has 1 radical (unpaired) electrons. The van der Waals surface area contributed by atoms with Gasteiger partial charge in [0.25, 0.3) is 0 Å². The van der Waals surface area contributed by atoms with Gasteiger partial charge in [-0.3, -0.25) is 4.79 Å². The first kappa shape index (κ1) is 8.26. The largest absolute Gasteiger partial charge is 0.462 e. The van der Waals surface area contributed by atoms with Crippen molar-refractivity contribution in [3.63, 3.8) is 0 Å². The molecule has 0 saturated heterocycles. The van der Waals surface area contributed by atoms with Crippen LogP contribution >= 0.6 is 0 Å². The summed E-state index contributed by atoms with van der Waals surface area (Å²) in [7, 11) is 2.52. The molecule has 0 aromatic rings. The lowest BCUT2D eigenvalue weighted by atomic mass is 10.4. The lowest BCUT2D eigenvalue weighted by Crippen LogP contribution is -2.15. The van der Waals surface area contributed by atoms with Gasteiger partial charge >= 0.3 is 12.1 Å². The van der Waals surface area contributed by atoms with E-state index in [4.69, 9.17) is 0 Å². The molecule has 0 bridgehead atoms. The van der Waals surface area contributed by atoms with E-state index in [-0.39, 0.29) is 0 Å². The Hall–Kier alpha value is -0.740. The third-order valence-electron chi connectivity index (χ3n) is 0.506. The zero-order valence-corrected chi connectivity index (χ0v) is 4.36. The Bertz CT molecular complexity index is 107. The Labute approximate surface area is 49.6 Å². The summed E-state index contributed by atoms with van der Waals surface area (Å²) in [6.07, 6.45) is -6.06. The molecule has 0 aliphatic heterocycles. The van der Waals surface area contributed by atoms with Crippen LogP contribution in [-0.2, 0) is 9.53 Å². The molecule has 0 saturated carbocycles. The number of hydrogen-bond acceptors (Lipinski definition) is 2. The maximum Gasteiger partial charge on any atom is 0.399 e. The highest BCUT2D eigenvalue weighted by Gasteiger charge is 2.31. The molecule has 0 aliphatic carbocycles. The summed E-state index contributed by atoms with van der Waals surface area (Å²) in [5, 5.41) is 0. The molecule has 0 atom stereocenters. The maximum absolute atomic E-state index is 11.2. The van der Waals surface area contributed by atoms with E-state index in [0.717, 1.165) is 0 Å². The highest BCUT2D eigenvalue weighted by molar-refractivity contribution is 5.70. The number of esters is 1. The smallest absolute Gasteiger partial charge is 0.399 e. The van der Waals surface area contributed by atoms with Crippen LogP contribution in [0, 0.1) is 7.11 Å². The molecular formula is C4H4F3O2. The summed E-state index contributed by atoms with van der Waals surface area (Å²) in [6.45, 7) is 0. The van der Waals surface area contributed by atoms with Crippen molar-refractivity contribution in [2.24, 2.45) is 0 Å². The predicted octanol–water partition coefficient (Wildman–Crippen LogP) is 1.27. The first-order valence-electron chi connectivity index (χ1n) is 1.97. The van der Waals surface area contributed by atoms with Crippen molar-refractivity contribution in [1.82, 2.24) is 0 Å². The number of halogens is 3. The summed E-state index contributed by atoms with van der Waals surface area (Å²) in [5.74, 6) is -1.37. The predicted molar refractivity (Wildman–Crippen MR) is 22.1 cm³/mol. The van der Waals surface area contributed by atoms with Gasteiger partial charge in [-0.1, -0.05) is 0 Å². The van der Waals surface area contributed by atoms with Gasteiger partial charge in [-0.2, -0.15) is 13.2 Å². The van der Waals surface area contributed by atoms with E-state index in [1.807, 2.05) is 0 Å². The van der Waals surface area contributed by atoms with Crippen LogP contribution in [0.4, 0.5) is 13.2 Å². The summed E-state index contributed by atoms with van der Waals surface area (Å²) >= 11 is 0. The SMILES string of the molecule is [CH2]OC(=O)CC(F)(F)F. The standard InChI is InChI=1S/C4H4F3O2/c1-9-3(8)2-4(5,6)7/h1-2H2. The molecule has 0 aromatic carbocycles. The number of hydrogen-bond donors (Lipinski definition) is 0. The fourth-order valence-corrected chi connectivity index (χ4v) is 0.215. The van der Waals surface area contributed by atoms with Gasteiger partial charge in [-0.25, -0.2) is 0 Å². The van der Waals surface area contributed by atoms with Crippen LogP contribution in [0.25, 0.3) is 0 Å². The molecule has 9 heavy (non-hydrogen) atoms. The first-order chi connectivity index (χ1) is 3.95. The molecular weight excluding hydrogens is 137 g/mol. The third-order valence-corrected chi connectivity index (χ3v) is 0.506. The van der Waals surface area contributed by atoms with Crippen molar-refractivity contribution in [2.75, 3.05) is 0 Å². The number of rotatable bonds is 1. The first-order valence-corrected chi connectivity index (χ1v) is 1.97. The molecule has 53 valence electrons. The molecule has 0 N–H and O–H groups in total. The quantitative estimate of drug-likeness (QED) is 0.514. The second-order valence-corrected chi connectivity index (χ2v) is 1.31. The van der Waals surface area contributed by atoms with Gasteiger partial charge in [-0.05, 0) is 0 Å². The topological polar surface area (TPSA) is 26.3 Å². The van der Waals surface area contributed by atoms with Crippen molar-refractivity contribution in [3.8, 4) is 0 Å². The van der Waals surface area contributed by atoms with Gasteiger partial charge in [-0.15, -0.1) is 0 Å². The fourth-order valence-electron chi connectivity index (χ4n) is 0.215. The summed E-state index contributed by atoms with van der Waals surface area (Å²) in [4.78, 5) is 9.82. The van der Waals surface area contributed by atoms with E-state index >= 15 is 0 Å². The number of carbonyl (C=O) groups excluding carboxylic acids is 1. The van der Waals surface area contributed by atoms with Crippen LogP contribution in [0.1, 0.15) is 6.42 Å². The van der Waals surface area contributed by atoms with Crippen LogP contribution < -0.4 is 0 Å². The lowest BCUT2D eigenvalue weighted by molar-refractivity contribution is -0.167. The normalized spacial score (nSPS) is 11.1. The highest BCUT2D eigenvalue weighted by atomic mass is 19.4. The van der Waals surface area contributed by atoms with Crippen LogP contribution in [0.5, 0.6) is 0 Å². The van der Waals surface area contributed by atoms with Crippen LogP contribution in [-0.4, -0.2) is 12.1 Å². The average Bonchev–Trinajstić information content (AvgIpc) is 1.62. The summed E-state index contributed by atoms with van der Waals surface area (Å²) in [6, 6.07) is 0. The maximum atomic E-state index is 11.2. The average molecular weight is 141 g/mol. The van der Waals surface area contributed by atoms with Gasteiger partial charge < -0.3 is 4.74 Å². The zero-order chi connectivity index (χ0) is 7.49. The Balaban J connectivity index is 3.60. The second-order valence-electron chi connectivity index (χ2n) is 1.31. The minimum atomic E-state index is -4.49. The Morgan fingerprint density at radius 2 is 2.00 bits per heavy atom. The Morgan fingerprint density at radius 1 is 1.56 bits per heavy atom. The zero-order valence-electron chi connectivity index (χ0n) is 4.36. The molecule has 0 heterocycles. The summed E-state index contributed by atoms with van der Waals surface area (Å²) < 4.78 is 37.0. The lowest BCUT2D eigenvalue weighted by Gasteiger charge is -2.01.